The van der Waals surface area contributed by atoms with Gasteiger partial charge in [0.2, 0.25) is 0 Å². The van der Waals surface area contributed by atoms with Crippen LogP contribution in [-0.2, 0) is 9.53 Å². The monoisotopic (exact) mass is 290 g/mol. The number of carbonyl (C=O) groups is 2. The van der Waals surface area contributed by atoms with Crippen LogP contribution >= 0.6 is 0 Å². The van der Waals surface area contributed by atoms with E-state index in [1.165, 1.54) is 4.90 Å². The van der Waals surface area contributed by atoms with E-state index in [2.05, 4.69) is 0 Å². The van der Waals surface area contributed by atoms with Crippen molar-refractivity contribution >= 4 is 12.0 Å². The summed E-state index contributed by atoms with van der Waals surface area (Å²) in [5.41, 5.74) is 8.98. The molecule has 1 aromatic carbocycles. The highest BCUT2D eigenvalue weighted by Gasteiger charge is 2.41. The molecule has 2 amide bonds. The number of nitrogens with zero attached hydrogens (tertiary/aromatic N) is 1. The van der Waals surface area contributed by atoms with E-state index in [0.29, 0.717) is 5.56 Å². The number of imide groups is 1. The molecule has 5 nitrogen and oxygen atoms in total. The Labute approximate surface area is 125 Å². The highest BCUT2D eigenvalue weighted by molar-refractivity contribution is 5.96. The van der Waals surface area contributed by atoms with Crippen LogP contribution in [0.25, 0.3) is 0 Å². The second kappa shape index (κ2) is 5.85. The first-order chi connectivity index (χ1) is 9.82. The molecule has 0 saturated carbocycles. The fraction of sp³-hybridized carbons (Fsp3) is 0.500. The number of nitrogens with two attached hydrogens (primary N) is 1. The van der Waals surface area contributed by atoms with Gasteiger partial charge in [0.15, 0.2) is 0 Å². The molecule has 0 radical (unpaired) electrons. The third kappa shape index (κ3) is 2.93. The zero-order chi connectivity index (χ0) is 15.7. The molecule has 0 bridgehead atoms. The van der Waals surface area contributed by atoms with Crippen molar-refractivity contribution in [3.63, 3.8) is 0 Å². The van der Waals surface area contributed by atoms with Gasteiger partial charge >= 0.3 is 6.09 Å². The predicted octanol–water partition coefficient (Wildman–Crippen LogP) is 2.31. The van der Waals surface area contributed by atoms with E-state index in [0.717, 1.165) is 11.1 Å². The number of benzene rings is 1. The molecule has 1 aliphatic rings. The van der Waals surface area contributed by atoms with Gasteiger partial charge in [-0.15, -0.1) is 0 Å². The Kier molecular flexibility index (Phi) is 4.32. The minimum absolute atomic E-state index is 0.132. The van der Waals surface area contributed by atoms with Crippen LogP contribution < -0.4 is 5.73 Å². The van der Waals surface area contributed by atoms with Crippen LogP contribution in [0.15, 0.2) is 18.2 Å². The standard InChI is InChI=1S/C16H22N2O3/c1-9(2)13-8-21-16(20)18(13)15(19)14(17)12-6-5-10(3)11(4)7-12/h5-7,9,13-14H,8,17H2,1-4H3/t13-,14+/m1/s1. The number of rotatable bonds is 3. The Morgan fingerprint density at radius 2 is 2.00 bits per heavy atom. The molecule has 2 N–H and O–H groups in total. The highest BCUT2D eigenvalue weighted by Crippen LogP contribution is 2.24. The maximum atomic E-state index is 12.6. The summed E-state index contributed by atoms with van der Waals surface area (Å²) in [6, 6.07) is 4.55. The Bertz CT molecular complexity index is 569. The SMILES string of the molecule is Cc1ccc([C@H](N)C(=O)N2C(=O)OC[C@@H]2C(C)C)cc1C. The van der Waals surface area contributed by atoms with Gasteiger partial charge in [0.1, 0.15) is 12.6 Å². The van der Waals surface area contributed by atoms with Crippen molar-refractivity contribution in [2.75, 3.05) is 6.61 Å². The number of hydrogen-bond donors (Lipinski definition) is 1. The molecule has 1 aromatic rings. The molecule has 1 saturated heterocycles. The fourth-order valence-corrected chi connectivity index (χ4v) is 2.43. The minimum atomic E-state index is -0.851. The van der Waals surface area contributed by atoms with E-state index in [9.17, 15) is 9.59 Å². The van der Waals surface area contributed by atoms with Gasteiger partial charge in [-0.25, -0.2) is 9.69 Å². The topological polar surface area (TPSA) is 72.6 Å². The number of amides is 2. The van der Waals surface area contributed by atoms with Crippen molar-refractivity contribution in [3.05, 3.63) is 34.9 Å². The van der Waals surface area contributed by atoms with Gasteiger partial charge in [-0.3, -0.25) is 4.79 Å². The second-order valence-corrected chi connectivity index (χ2v) is 5.92. The molecule has 114 valence electrons. The van der Waals surface area contributed by atoms with Crippen molar-refractivity contribution in [1.29, 1.82) is 0 Å². The normalized spacial score (nSPS) is 19.8. The van der Waals surface area contributed by atoms with Gasteiger partial charge in [-0.05, 0) is 36.5 Å². The largest absolute Gasteiger partial charge is 0.447 e. The molecule has 0 aromatic heterocycles. The zero-order valence-corrected chi connectivity index (χ0v) is 12.9. The van der Waals surface area contributed by atoms with Crippen molar-refractivity contribution < 1.29 is 14.3 Å². The van der Waals surface area contributed by atoms with E-state index in [1.54, 1.807) is 0 Å². The lowest BCUT2D eigenvalue weighted by atomic mass is 9.99. The Hall–Kier alpha value is -1.88. The van der Waals surface area contributed by atoms with E-state index in [4.69, 9.17) is 10.5 Å². The summed E-state index contributed by atoms with van der Waals surface area (Å²) < 4.78 is 5.00. The van der Waals surface area contributed by atoms with Crippen molar-refractivity contribution in [2.45, 2.75) is 39.8 Å². The number of hydrogen-bond acceptors (Lipinski definition) is 4. The third-order valence-corrected chi connectivity index (χ3v) is 4.07. The van der Waals surface area contributed by atoms with Crippen molar-refractivity contribution in [3.8, 4) is 0 Å². The number of ether oxygens (including phenoxy) is 1. The average Bonchev–Trinajstić information content (AvgIpc) is 2.82. The summed E-state index contributed by atoms with van der Waals surface area (Å²) in [6.07, 6.45) is -0.599. The molecule has 0 aliphatic carbocycles. The molecular weight excluding hydrogens is 268 g/mol. The third-order valence-electron chi connectivity index (χ3n) is 4.07. The second-order valence-electron chi connectivity index (χ2n) is 5.92. The van der Waals surface area contributed by atoms with Gasteiger partial charge < -0.3 is 10.5 Å². The van der Waals surface area contributed by atoms with Gasteiger partial charge in [0, 0.05) is 0 Å². The van der Waals surface area contributed by atoms with Crippen LogP contribution in [-0.4, -0.2) is 29.5 Å². The first-order valence-corrected chi connectivity index (χ1v) is 7.15. The lowest BCUT2D eigenvalue weighted by Crippen LogP contribution is -2.46. The Balaban J connectivity index is 2.25. The predicted molar refractivity (Wildman–Crippen MR) is 79.7 cm³/mol. The Morgan fingerprint density at radius 3 is 2.57 bits per heavy atom. The van der Waals surface area contributed by atoms with E-state index >= 15 is 0 Å². The molecule has 2 rings (SSSR count). The molecule has 1 aliphatic heterocycles. The summed E-state index contributed by atoms with van der Waals surface area (Å²) in [4.78, 5) is 25.6. The van der Waals surface area contributed by atoms with Crippen LogP contribution in [0.5, 0.6) is 0 Å². The first-order valence-electron chi connectivity index (χ1n) is 7.15. The van der Waals surface area contributed by atoms with Gasteiger partial charge in [0.05, 0.1) is 6.04 Å². The molecule has 5 heteroatoms. The summed E-state index contributed by atoms with van der Waals surface area (Å²) >= 11 is 0. The van der Waals surface area contributed by atoms with Crippen LogP contribution in [0.1, 0.15) is 36.6 Å². The Morgan fingerprint density at radius 1 is 1.33 bits per heavy atom. The lowest BCUT2D eigenvalue weighted by molar-refractivity contribution is -0.131. The van der Waals surface area contributed by atoms with E-state index < -0.39 is 18.0 Å². The number of cyclic esters (lactones) is 1. The molecular formula is C16H22N2O3. The molecule has 0 spiro atoms. The minimum Gasteiger partial charge on any atom is -0.447 e. The molecule has 1 fully saturated rings. The average molecular weight is 290 g/mol. The highest BCUT2D eigenvalue weighted by atomic mass is 16.6. The fourth-order valence-electron chi connectivity index (χ4n) is 2.43. The maximum absolute atomic E-state index is 12.6. The summed E-state index contributed by atoms with van der Waals surface area (Å²) in [6.45, 7) is 8.11. The van der Waals surface area contributed by atoms with E-state index in [1.807, 2.05) is 45.9 Å². The number of aryl methyl sites for hydroxylation is 2. The summed E-state index contributed by atoms with van der Waals surface area (Å²) in [5, 5.41) is 0. The van der Waals surface area contributed by atoms with Crippen molar-refractivity contribution in [1.82, 2.24) is 4.90 Å². The molecule has 0 unspecified atom stereocenters. The zero-order valence-electron chi connectivity index (χ0n) is 12.9. The number of carbonyl (C=O) groups excluding carboxylic acids is 2. The lowest BCUT2D eigenvalue weighted by Gasteiger charge is -2.25. The van der Waals surface area contributed by atoms with Gasteiger partial charge in [-0.1, -0.05) is 32.0 Å². The van der Waals surface area contributed by atoms with Crippen LogP contribution in [0.2, 0.25) is 0 Å². The maximum Gasteiger partial charge on any atom is 0.417 e. The quantitative estimate of drug-likeness (QED) is 0.927. The van der Waals surface area contributed by atoms with Gasteiger partial charge in [0.25, 0.3) is 5.91 Å². The van der Waals surface area contributed by atoms with Crippen LogP contribution in [0.4, 0.5) is 4.79 Å². The summed E-state index contributed by atoms with van der Waals surface area (Å²) in [7, 11) is 0. The molecule has 1 heterocycles. The van der Waals surface area contributed by atoms with Crippen molar-refractivity contribution in [2.24, 2.45) is 11.7 Å². The van der Waals surface area contributed by atoms with Gasteiger partial charge in [-0.2, -0.15) is 0 Å². The molecule has 2 atom stereocenters. The first kappa shape index (κ1) is 15.5. The van der Waals surface area contributed by atoms with Crippen LogP contribution in [0, 0.1) is 19.8 Å². The smallest absolute Gasteiger partial charge is 0.417 e. The van der Waals surface area contributed by atoms with Crippen LogP contribution in [0.3, 0.4) is 0 Å². The molecule has 21 heavy (non-hydrogen) atoms. The van der Waals surface area contributed by atoms with E-state index in [-0.39, 0.29) is 18.6 Å². The summed E-state index contributed by atoms with van der Waals surface area (Å²) in [5.74, 6) is -0.271.